The summed E-state index contributed by atoms with van der Waals surface area (Å²) in [6.45, 7) is 2.28. The number of benzene rings is 1. The van der Waals surface area contributed by atoms with Crippen LogP contribution in [0.25, 0.3) is 0 Å². The van der Waals surface area contributed by atoms with Crippen molar-refractivity contribution in [3.05, 3.63) is 30.3 Å². The van der Waals surface area contributed by atoms with Crippen molar-refractivity contribution in [1.82, 2.24) is 0 Å². The Labute approximate surface area is 129 Å². The molecule has 0 saturated carbocycles. The number of hydrogen-bond acceptors (Lipinski definition) is 6. The topological polar surface area (TPSA) is 83.1 Å². The van der Waals surface area contributed by atoms with E-state index in [2.05, 4.69) is 5.16 Å². The number of para-hydroxylation sites is 1. The predicted octanol–water partition coefficient (Wildman–Crippen LogP) is 1.52. The van der Waals surface area contributed by atoms with E-state index in [1.807, 2.05) is 18.2 Å². The standard InChI is InChI=1S/C14H18N2O4.ClH/c1-2-18-13(17)14(8-11(9-15)16-20-14)10-19-12-6-4-3-5-7-12;/h3-7H,2,8-10,15H2,1H3;1H. The molecule has 0 aliphatic carbocycles. The molecule has 1 aliphatic rings. The van der Waals surface area contributed by atoms with Gasteiger partial charge in [-0.3, -0.25) is 0 Å². The maximum atomic E-state index is 12.1. The van der Waals surface area contributed by atoms with E-state index in [9.17, 15) is 4.79 Å². The fourth-order valence-electron chi connectivity index (χ4n) is 1.88. The smallest absolute Gasteiger partial charge is 0.357 e. The second-order valence-electron chi connectivity index (χ2n) is 4.45. The molecule has 0 saturated heterocycles. The number of rotatable bonds is 6. The normalized spacial score (nSPS) is 20.0. The number of carbonyl (C=O) groups excluding carboxylic acids is 1. The van der Waals surface area contributed by atoms with Crippen molar-refractivity contribution < 1.29 is 19.1 Å². The Balaban J connectivity index is 0.00000220. The van der Waals surface area contributed by atoms with Crippen molar-refractivity contribution in [2.45, 2.75) is 18.9 Å². The highest BCUT2D eigenvalue weighted by atomic mass is 35.5. The summed E-state index contributed by atoms with van der Waals surface area (Å²) in [6, 6.07) is 9.19. The third-order valence-corrected chi connectivity index (χ3v) is 2.94. The third-order valence-electron chi connectivity index (χ3n) is 2.94. The lowest BCUT2D eigenvalue weighted by molar-refractivity contribution is -0.172. The summed E-state index contributed by atoms with van der Waals surface area (Å²) < 4.78 is 10.7. The van der Waals surface area contributed by atoms with E-state index in [0.29, 0.717) is 11.5 Å². The minimum absolute atomic E-state index is 0. The molecule has 1 aromatic carbocycles. The molecule has 6 nitrogen and oxygen atoms in total. The molecule has 1 atom stereocenters. The highest BCUT2D eigenvalue weighted by molar-refractivity contribution is 5.94. The molecule has 1 unspecified atom stereocenters. The van der Waals surface area contributed by atoms with Gasteiger partial charge in [-0.25, -0.2) is 4.79 Å². The number of halogens is 1. The van der Waals surface area contributed by atoms with Gasteiger partial charge in [0.15, 0.2) is 0 Å². The van der Waals surface area contributed by atoms with Gasteiger partial charge in [0, 0.05) is 13.0 Å². The number of oxime groups is 1. The third kappa shape index (κ3) is 4.09. The molecule has 2 N–H and O–H groups in total. The van der Waals surface area contributed by atoms with Crippen LogP contribution in [0.3, 0.4) is 0 Å². The van der Waals surface area contributed by atoms with E-state index in [4.69, 9.17) is 20.0 Å². The molecule has 116 valence electrons. The van der Waals surface area contributed by atoms with Crippen LogP contribution in [0.4, 0.5) is 0 Å². The van der Waals surface area contributed by atoms with Crippen molar-refractivity contribution in [3.63, 3.8) is 0 Å². The molecule has 1 heterocycles. The summed E-state index contributed by atoms with van der Waals surface area (Å²) in [5.41, 5.74) is 4.92. The lowest BCUT2D eigenvalue weighted by atomic mass is 9.98. The molecular weight excluding hydrogens is 296 g/mol. The summed E-state index contributed by atoms with van der Waals surface area (Å²) >= 11 is 0. The lowest BCUT2D eigenvalue weighted by Gasteiger charge is -2.24. The van der Waals surface area contributed by atoms with Gasteiger partial charge in [-0.2, -0.15) is 0 Å². The van der Waals surface area contributed by atoms with E-state index >= 15 is 0 Å². The van der Waals surface area contributed by atoms with Crippen LogP contribution < -0.4 is 10.5 Å². The van der Waals surface area contributed by atoms with Gasteiger partial charge in [0.2, 0.25) is 0 Å². The number of nitrogens with two attached hydrogens (primary N) is 1. The minimum Gasteiger partial charge on any atom is -0.489 e. The first kappa shape index (κ1) is 17.3. The summed E-state index contributed by atoms with van der Waals surface area (Å²) in [7, 11) is 0. The monoisotopic (exact) mass is 314 g/mol. The van der Waals surface area contributed by atoms with Gasteiger partial charge in [0.25, 0.3) is 5.60 Å². The van der Waals surface area contributed by atoms with E-state index in [1.54, 1.807) is 19.1 Å². The fourth-order valence-corrected chi connectivity index (χ4v) is 1.88. The zero-order valence-electron chi connectivity index (χ0n) is 11.8. The molecule has 2 rings (SSSR count). The largest absolute Gasteiger partial charge is 0.489 e. The quantitative estimate of drug-likeness (QED) is 0.805. The van der Waals surface area contributed by atoms with Crippen LogP contribution in [0.1, 0.15) is 13.3 Å². The molecule has 21 heavy (non-hydrogen) atoms. The van der Waals surface area contributed by atoms with Gasteiger partial charge in [-0.05, 0) is 19.1 Å². The number of ether oxygens (including phenoxy) is 2. The molecule has 0 radical (unpaired) electrons. The average Bonchev–Trinajstić information content (AvgIpc) is 2.92. The zero-order chi connectivity index (χ0) is 14.4. The van der Waals surface area contributed by atoms with E-state index < -0.39 is 11.6 Å². The van der Waals surface area contributed by atoms with Crippen LogP contribution in [0, 0.1) is 0 Å². The Kier molecular flexibility index (Phi) is 6.45. The maximum Gasteiger partial charge on any atom is 0.357 e. The van der Waals surface area contributed by atoms with Crippen LogP contribution in [-0.4, -0.2) is 37.0 Å². The Morgan fingerprint density at radius 1 is 1.43 bits per heavy atom. The first-order valence-electron chi connectivity index (χ1n) is 6.49. The van der Waals surface area contributed by atoms with E-state index in [1.165, 1.54) is 0 Å². The van der Waals surface area contributed by atoms with Crippen LogP contribution in [0.2, 0.25) is 0 Å². The molecule has 0 spiro atoms. The van der Waals surface area contributed by atoms with Crippen molar-refractivity contribution in [2.75, 3.05) is 19.8 Å². The molecule has 1 aliphatic heterocycles. The Bertz CT molecular complexity index is 495. The molecule has 0 amide bonds. The average molecular weight is 315 g/mol. The minimum atomic E-state index is -1.24. The fraction of sp³-hybridized carbons (Fsp3) is 0.429. The zero-order valence-corrected chi connectivity index (χ0v) is 12.6. The second-order valence-corrected chi connectivity index (χ2v) is 4.45. The van der Waals surface area contributed by atoms with Crippen molar-refractivity contribution >= 4 is 24.1 Å². The number of carbonyl (C=O) groups is 1. The van der Waals surface area contributed by atoms with Crippen molar-refractivity contribution in [1.29, 1.82) is 0 Å². The van der Waals surface area contributed by atoms with Crippen LogP contribution in [0.15, 0.2) is 35.5 Å². The van der Waals surface area contributed by atoms with Gasteiger partial charge in [-0.15, -0.1) is 12.4 Å². The number of hydrogen-bond donors (Lipinski definition) is 1. The van der Waals surface area contributed by atoms with E-state index in [0.717, 1.165) is 0 Å². The Morgan fingerprint density at radius 3 is 2.71 bits per heavy atom. The van der Waals surface area contributed by atoms with Gasteiger partial charge in [0.05, 0.1) is 12.3 Å². The van der Waals surface area contributed by atoms with Crippen LogP contribution in [0.5, 0.6) is 5.75 Å². The second kappa shape index (κ2) is 7.85. The molecule has 0 bridgehead atoms. The summed E-state index contributed by atoms with van der Waals surface area (Å²) in [4.78, 5) is 17.4. The van der Waals surface area contributed by atoms with Gasteiger partial charge in [-0.1, -0.05) is 23.4 Å². The van der Waals surface area contributed by atoms with Crippen LogP contribution >= 0.6 is 12.4 Å². The summed E-state index contributed by atoms with van der Waals surface area (Å²) in [5.74, 6) is 0.170. The van der Waals surface area contributed by atoms with Gasteiger partial charge in [0.1, 0.15) is 12.4 Å². The van der Waals surface area contributed by atoms with Crippen LogP contribution in [-0.2, 0) is 14.4 Å². The first-order chi connectivity index (χ1) is 9.70. The lowest BCUT2D eigenvalue weighted by Crippen LogP contribution is -2.46. The van der Waals surface area contributed by atoms with Crippen molar-refractivity contribution in [3.8, 4) is 5.75 Å². The number of nitrogens with zero attached hydrogens (tertiary/aromatic N) is 1. The first-order valence-corrected chi connectivity index (χ1v) is 6.49. The summed E-state index contributed by atoms with van der Waals surface area (Å²) in [6.07, 6.45) is 0.287. The van der Waals surface area contributed by atoms with Crippen molar-refractivity contribution in [2.24, 2.45) is 10.9 Å². The Hall–Kier alpha value is -1.79. The van der Waals surface area contributed by atoms with E-state index in [-0.39, 0.29) is 38.6 Å². The molecule has 0 fully saturated rings. The molecule has 0 aromatic heterocycles. The Morgan fingerprint density at radius 2 is 2.14 bits per heavy atom. The van der Waals surface area contributed by atoms with Gasteiger partial charge >= 0.3 is 5.97 Å². The van der Waals surface area contributed by atoms with Gasteiger partial charge < -0.3 is 20.0 Å². The summed E-state index contributed by atoms with van der Waals surface area (Å²) in [5, 5.41) is 3.83. The molecule has 7 heteroatoms. The maximum absolute atomic E-state index is 12.1. The number of esters is 1. The highest BCUT2D eigenvalue weighted by Gasteiger charge is 2.48. The predicted molar refractivity (Wildman–Crippen MR) is 80.7 cm³/mol. The molecular formula is C14H19ClN2O4. The molecule has 1 aromatic rings. The highest BCUT2D eigenvalue weighted by Crippen LogP contribution is 2.27. The SMILES string of the molecule is CCOC(=O)C1(COc2ccccc2)CC(CN)=NO1.Cl.